The van der Waals surface area contributed by atoms with Crippen molar-refractivity contribution in [3.63, 3.8) is 0 Å². The van der Waals surface area contributed by atoms with Crippen LogP contribution in [0.15, 0.2) is 23.2 Å². The predicted molar refractivity (Wildman–Crippen MR) is 111 cm³/mol. The van der Waals surface area contributed by atoms with Crippen LogP contribution in [0.4, 0.5) is 4.39 Å². The lowest BCUT2D eigenvalue weighted by Gasteiger charge is -2.11. The van der Waals surface area contributed by atoms with E-state index in [1.165, 1.54) is 6.07 Å². The molecule has 1 rings (SSSR count). The molecule has 144 valence electrons. The Bertz CT molecular complexity index is 654. The Morgan fingerprint density at radius 2 is 1.92 bits per heavy atom. The first-order valence-corrected chi connectivity index (χ1v) is 9.77. The molecule has 0 spiro atoms. The van der Waals surface area contributed by atoms with Crippen LogP contribution in [0.25, 0.3) is 0 Å². The fourth-order valence-corrected chi connectivity index (χ4v) is 2.53. The van der Waals surface area contributed by atoms with Gasteiger partial charge >= 0.3 is 0 Å². The van der Waals surface area contributed by atoms with Crippen molar-refractivity contribution in [1.29, 1.82) is 0 Å². The predicted octanol–water partition coefficient (Wildman–Crippen LogP) is 2.14. The maximum atomic E-state index is 13.5. The summed E-state index contributed by atoms with van der Waals surface area (Å²) < 4.78 is 38.7. The Morgan fingerprint density at radius 3 is 2.52 bits per heavy atom. The summed E-state index contributed by atoms with van der Waals surface area (Å²) in [6.45, 7) is 7.32. The highest BCUT2D eigenvalue weighted by Gasteiger charge is 2.05. The molecule has 0 atom stereocenters. The third kappa shape index (κ3) is 9.95. The van der Waals surface area contributed by atoms with E-state index in [0.717, 1.165) is 5.56 Å². The smallest absolute Gasteiger partial charge is 0.211 e. The highest BCUT2D eigenvalue weighted by molar-refractivity contribution is 14.0. The molecule has 0 radical (unpaired) electrons. The third-order valence-electron chi connectivity index (χ3n) is 3.35. The number of nitrogens with one attached hydrogen (secondary N) is 3. The van der Waals surface area contributed by atoms with Gasteiger partial charge in [-0.1, -0.05) is 12.1 Å². The zero-order chi connectivity index (χ0) is 18.0. The van der Waals surface area contributed by atoms with Crippen LogP contribution in [-0.4, -0.2) is 39.8 Å². The van der Waals surface area contributed by atoms with Crippen LogP contribution in [0, 0.1) is 12.7 Å². The average Bonchev–Trinajstić information content (AvgIpc) is 2.55. The Labute approximate surface area is 167 Å². The normalized spacial score (nSPS) is 11.8. The van der Waals surface area contributed by atoms with Gasteiger partial charge in [0.05, 0.1) is 12.3 Å². The summed E-state index contributed by atoms with van der Waals surface area (Å²) >= 11 is 0. The first-order chi connectivity index (χ1) is 11.4. The number of guanidine groups is 1. The standard InChI is InChI=1S/C16H27FN4O2S.HI/c1-4-18-16(19-9-6-10-21-24(22,23)5-2)20-12-14-8-7-13(3)15(17)11-14;/h7-8,11,21H,4-6,9-10,12H2,1-3H3,(H2,18,19,20);1H. The molecular formula is C16H28FIN4O2S. The number of sulfonamides is 1. The van der Waals surface area contributed by atoms with Gasteiger partial charge in [0.25, 0.3) is 0 Å². The molecule has 0 aliphatic rings. The molecule has 6 nitrogen and oxygen atoms in total. The number of aliphatic imine (C=N–C) groups is 1. The van der Waals surface area contributed by atoms with Crippen molar-refractivity contribution < 1.29 is 12.8 Å². The molecule has 0 aliphatic carbocycles. The monoisotopic (exact) mass is 486 g/mol. The molecule has 9 heteroatoms. The molecule has 0 aliphatic heterocycles. The van der Waals surface area contributed by atoms with Crippen molar-refractivity contribution >= 4 is 40.0 Å². The Morgan fingerprint density at radius 1 is 1.20 bits per heavy atom. The van der Waals surface area contributed by atoms with E-state index in [9.17, 15) is 12.8 Å². The van der Waals surface area contributed by atoms with Gasteiger partial charge in [-0.25, -0.2) is 22.5 Å². The SMILES string of the molecule is CCNC(=NCc1ccc(C)c(F)c1)NCCCNS(=O)(=O)CC.I. The van der Waals surface area contributed by atoms with Crippen LogP contribution in [0.2, 0.25) is 0 Å². The first kappa shape index (κ1) is 24.1. The average molecular weight is 486 g/mol. The second-order valence-corrected chi connectivity index (χ2v) is 7.45. The van der Waals surface area contributed by atoms with Gasteiger partial charge in [0.2, 0.25) is 10.0 Å². The second kappa shape index (κ2) is 12.4. The first-order valence-electron chi connectivity index (χ1n) is 8.12. The van der Waals surface area contributed by atoms with Crippen molar-refractivity contribution in [3.05, 3.63) is 35.1 Å². The second-order valence-electron chi connectivity index (χ2n) is 5.36. The number of nitrogens with zero attached hydrogens (tertiary/aromatic N) is 1. The van der Waals surface area contributed by atoms with E-state index in [4.69, 9.17) is 0 Å². The van der Waals surface area contributed by atoms with Crippen molar-refractivity contribution in [3.8, 4) is 0 Å². The van der Waals surface area contributed by atoms with E-state index in [1.54, 1.807) is 19.9 Å². The topological polar surface area (TPSA) is 82.6 Å². The van der Waals surface area contributed by atoms with Crippen molar-refractivity contribution in [2.45, 2.75) is 33.7 Å². The Hall–Kier alpha value is -0.940. The van der Waals surface area contributed by atoms with E-state index in [0.29, 0.717) is 44.1 Å². The van der Waals surface area contributed by atoms with E-state index in [1.807, 2.05) is 13.0 Å². The Kier molecular flexibility index (Phi) is 12.0. The van der Waals surface area contributed by atoms with Gasteiger partial charge in [0.15, 0.2) is 5.96 Å². The molecule has 1 aromatic rings. The van der Waals surface area contributed by atoms with Gasteiger partial charge in [-0.05, 0) is 44.4 Å². The fourth-order valence-electron chi connectivity index (χ4n) is 1.87. The van der Waals surface area contributed by atoms with E-state index in [-0.39, 0.29) is 35.5 Å². The minimum Gasteiger partial charge on any atom is -0.357 e. The van der Waals surface area contributed by atoms with E-state index < -0.39 is 10.0 Å². The van der Waals surface area contributed by atoms with Crippen LogP contribution in [0.5, 0.6) is 0 Å². The van der Waals surface area contributed by atoms with Crippen LogP contribution < -0.4 is 15.4 Å². The molecule has 0 unspecified atom stereocenters. The zero-order valence-electron chi connectivity index (χ0n) is 14.9. The summed E-state index contributed by atoms with van der Waals surface area (Å²) in [4.78, 5) is 4.41. The van der Waals surface area contributed by atoms with E-state index in [2.05, 4.69) is 20.3 Å². The highest BCUT2D eigenvalue weighted by Crippen LogP contribution is 2.09. The third-order valence-corrected chi connectivity index (χ3v) is 4.75. The highest BCUT2D eigenvalue weighted by atomic mass is 127. The summed E-state index contributed by atoms with van der Waals surface area (Å²) in [6.07, 6.45) is 0.642. The van der Waals surface area contributed by atoms with Gasteiger partial charge in [0, 0.05) is 19.6 Å². The summed E-state index contributed by atoms with van der Waals surface area (Å²) in [5.74, 6) is 0.471. The summed E-state index contributed by atoms with van der Waals surface area (Å²) in [6, 6.07) is 5.08. The molecule has 0 fully saturated rings. The number of hydrogen-bond donors (Lipinski definition) is 3. The summed E-state index contributed by atoms with van der Waals surface area (Å²) in [5, 5.41) is 6.24. The maximum Gasteiger partial charge on any atom is 0.211 e. The largest absolute Gasteiger partial charge is 0.357 e. The van der Waals surface area contributed by atoms with E-state index >= 15 is 0 Å². The number of halogens is 2. The molecule has 0 saturated heterocycles. The maximum absolute atomic E-state index is 13.5. The van der Waals surface area contributed by atoms with Gasteiger partial charge < -0.3 is 10.6 Å². The molecule has 1 aromatic carbocycles. The number of hydrogen-bond acceptors (Lipinski definition) is 3. The minimum atomic E-state index is -3.14. The molecular weight excluding hydrogens is 458 g/mol. The fraction of sp³-hybridized carbons (Fsp3) is 0.562. The van der Waals surface area contributed by atoms with Gasteiger partial charge in [-0.3, -0.25) is 0 Å². The van der Waals surface area contributed by atoms with Crippen LogP contribution in [0.3, 0.4) is 0 Å². The lowest BCUT2D eigenvalue weighted by Crippen LogP contribution is -2.38. The molecule has 0 amide bonds. The summed E-state index contributed by atoms with van der Waals surface area (Å²) in [7, 11) is -3.14. The Balaban J connectivity index is 0.00000576. The lowest BCUT2D eigenvalue weighted by atomic mass is 10.1. The molecule has 0 bridgehead atoms. The number of benzene rings is 1. The summed E-state index contributed by atoms with van der Waals surface area (Å²) in [5.41, 5.74) is 1.41. The van der Waals surface area contributed by atoms with Crippen LogP contribution in [-0.2, 0) is 16.6 Å². The molecule has 25 heavy (non-hydrogen) atoms. The molecule has 0 aromatic heterocycles. The minimum absolute atomic E-state index is 0. The van der Waals surface area contributed by atoms with Gasteiger partial charge in [-0.15, -0.1) is 24.0 Å². The van der Waals surface area contributed by atoms with Crippen LogP contribution in [0.1, 0.15) is 31.4 Å². The molecule has 3 N–H and O–H groups in total. The zero-order valence-corrected chi connectivity index (χ0v) is 18.1. The molecule has 0 saturated carbocycles. The van der Waals surface area contributed by atoms with Crippen molar-refractivity contribution in [2.24, 2.45) is 4.99 Å². The number of rotatable bonds is 9. The quantitative estimate of drug-likeness (QED) is 0.216. The van der Waals surface area contributed by atoms with Crippen molar-refractivity contribution in [1.82, 2.24) is 15.4 Å². The van der Waals surface area contributed by atoms with Crippen molar-refractivity contribution in [2.75, 3.05) is 25.4 Å². The lowest BCUT2D eigenvalue weighted by molar-refractivity contribution is 0.579. The van der Waals surface area contributed by atoms with Crippen LogP contribution >= 0.6 is 24.0 Å². The molecule has 0 heterocycles. The van der Waals surface area contributed by atoms with Gasteiger partial charge in [0.1, 0.15) is 5.82 Å². The van der Waals surface area contributed by atoms with Gasteiger partial charge in [-0.2, -0.15) is 0 Å². The number of aryl methyl sites for hydroxylation is 1.